The van der Waals surface area contributed by atoms with Gasteiger partial charge in [0.05, 0.1) is 17.9 Å². The van der Waals surface area contributed by atoms with Crippen molar-refractivity contribution in [3.63, 3.8) is 0 Å². The summed E-state index contributed by atoms with van der Waals surface area (Å²) in [6.07, 6.45) is 1.41. The molecule has 1 aromatic carbocycles. The quantitative estimate of drug-likeness (QED) is 0.819. The van der Waals surface area contributed by atoms with Crippen molar-refractivity contribution in [1.82, 2.24) is 5.32 Å². The Labute approximate surface area is 114 Å². The minimum atomic E-state index is -0.420. The molecule has 2 rings (SSSR count). The van der Waals surface area contributed by atoms with E-state index in [0.29, 0.717) is 11.3 Å². The molecule has 0 atom stereocenters. The molecule has 0 aliphatic carbocycles. The summed E-state index contributed by atoms with van der Waals surface area (Å²) < 4.78 is 4.94. The minimum absolute atomic E-state index is 0.158. The summed E-state index contributed by atoms with van der Waals surface area (Å²) in [7, 11) is 0. The molecule has 2 aromatic rings. The maximum absolute atomic E-state index is 11.6. The Morgan fingerprint density at radius 1 is 1.26 bits per heavy atom. The van der Waals surface area contributed by atoms with Gasteiger partial charge < -0.3 is 9.73 Å². The highest BCUT2D eigenvalue weighted by Crippen LogP contribution is 2.08. The zero-order valence-corrected chi connectivity index (χ0v) is 10.5. The molecule has 0 radical (unpaired) electrons. The number of anilines is 1. The first-order chi connectivity index (χ1) is 9.19. The van der Waals surface area contributed by atoms with Crippen molar-refractivity contribution in [2.45, 2.75) is 0 Å². The number of nitrogens with one attached hydrogen (secondary N) is 2. The van der Waals surface area contributed by atoms with Crippen LogP contribution in [0.5, 0.6) is 0 Å². The fourth-order valence-electron chi connectivity index (χ4n) is 1.36. The average Bonchev–Trinajstić information content (AvgIpc) is 2.93. The summed E-state index contributed by atoms with van der Waals surface area (Å²) in [4.78, 5) is 11.6. The number of furan rings is 1. The number of nitriles is 1. The van der Waals surface area contributed by atoms with Crippen LogP contribution in [0.25, 0.3) is 0 Å². The molecule has 0 fully saturated rings. The summed E-state index contributed by atoms with van der Waals surface area (Å²) in [6.45, 7) is 0. The van der Waals surface area contributed by atoms with Gasteiger partial charge in [-0.2, -0.15) is 5.26 Å². The molecule has 94 valence electrons. The largest absolute Gasteiger partial charge is 0.459 e. The number of amides is 1. The van der Waals surface area contributed by atoms with Crippen LogP contribution in [0.4, 0.5) is 5.69 Å². The molecule has 5 nitrogen and oxygen atoms in total. The van der Waals surface area contributed by atoms with E-state index in [0.717, 1.165) is 0 Å². The van der Waals surface area contributed by atoms with Gasteiger partial charge in [0.1, 0.15) is 0 Å². The molecule has 0 saturated carbocycles. The van der Waals surface area contributed by atoms with Crippen molar-refractivity contribution >= 4 is 28.9 Å². The molecule has 19 heavy (non-hydrogen) atoms. The second-order valence-electron chi connectivity index (χ2n) is 3.57. The van der Waals surface area contributed by atoms with Crippen molar-refractivity contribution < 1.29 is 9.21 Å². The van der Waals surface area contributed by atoms with E-state index in [2.05, 4.69) is 10.6 Å². The smallest absolute Gasteiger partial charge is 0.293 e. The number of nitrogens with zero attached hydrogens (tertiary/aromatic N) is 1. The van der Waals surface area contributed by atoms with Crippen LogP contribution in [-0.4, -0.2) is 11.0 Å². The Morgan fingerprint density at radius 2 is 2.00 bits per heavy atom. The third-order valence-electron chi connectivity index (χ3n) is 2.24. The zero-order valence-electron chi connectivity index (χ0n) is 9.71. The van der Waals surface area contributed by atoms with Gasteiger partial charge in [-0.05, 0) is 48.6 Å². The normalized spacial score (nSPS) is 9.42. The molecule has 6 heteroatoms. The van der Waals surface area contributed by atoms with Gasteiger partial charge in [-0.25, -0.2) is 0 Å². The van der Waals surface area contributed by atoms with Crippen LogP contribution in [0.15, 0.2) is 47.1 Å². The van der Waals surface area contributed by atoms with Crippen molar-refractivity contribution in [2.75, 3.05) is 5.32 Å². The number of hydrogen-bond acceptors (Lipinski definition) is 4. The third kappa shape index (κ3) is 3.40. The highest BCUT2D eigenvalue weighted by atomic mass is 32.1. The first kappa shape index (κ1) is 12.8. The van der Waals surface area contributed by atoms with Crippen LogP contribution in [0.2, 0.25) is 0 Å². The fourth-order valence-corrected chi connectivity index (χ4v) is 1.57. The number of carbonyl (C=O) groups excluding carboxylic acids is 1. The van der Waals surface area contributed by atoms with Crippen LogP contribution in [0.3, 0.4) is 0 Å². The standard InChI is InChI=1S/C13H9N3O2S/c14-8-9-3-5-10(6-4-9)15-13(19)16-12(17)11-2-1-7-18-11/h1-7H,(H2,15,16,17,19). The predicted octanol–water partition coefficient (Wildman–Crippen LogP) is 2.28. The second-order valence-corrected chi connectivity index (χ2v) is 3.98. The number of carbonyl (C=O) groups is 1. The molecule has 1 aromatic heterocycles. The first-order valence-corrected chi connectivity index (χ1v) is 5.76. The topological polar surface area (TPSA) is 78.1 Å². The van der Waals surface area contributed by atoms with Crippen LogP contribution in [-0.2, 0) is 0 Å². The van der Waals surface area contributed by atoms with Gasteiger partial charge in [0.25, 0.3) is 5.91 Å². The molecular formula is C13H9N3O2S. The molecule has 0 aliphatic rings. The van der Waals surface area contributed by atoms with E-state index in [9.17, 15) is 4.79 Å². The van der Waals surface area contributed by atoms with E-state index >= 15 is 0 Å². The lowest BCUT2D eigenvalue weighted by Crippen LogP contribution is -2.33. The van der Waals surface area contributed by atoms with Crippen molar-refractivity contribution in [3.05, 3.63) is 54.0 Å². The van der Waals surface area contributed by atoms with E-state index < -0.39 is 5.91 Å². The van der Waals surface area contributed by atoms with E-state index in [-0.39, 0.29) is 10.9 Å². The number of thiocarbonyl (C=S) groups is 1. The zero-order chi connectivity index (χ0) is 13.7. The Bertz CT molecular complexity index is 627. The number of rotatable bonds is 2. The lowest BCUT2D eigenvalue weighted by atomic mass is 10.2. The molecule has 2 N–H and O–H groups in total. The summed E-state index contributed by atoms with van der Waals surface area (Å²) in [5, 5.41) is 14.1. The highest BCUT2D eigenvalue weighted by Gasteiger charge is 2.10. The Morgan fingerprint density at radius 3 is 2.58 bits per heavy atom. The lowest BCUT2D eigenvalue weighted by Gasteiger charge is -2.08. The van der Waals surface area contributed by atoms with Crippen LogP contribution < -0.4 is 10.6 Å². The number of hydrogen-bond donors (Lipinski definition) is 2. The van der Waals surface area contributed by atoms with E-state index in [1.807, 2.05) is 6.07 Å². The third-order valence-corrected chi connectivity index (χ3v) is 2.45. The summed E-state index contributed by atoms with van der Waals surface area (Å²) in [6, 6.07) is 11.9. The summed E-state index contributed by atoms with van der Waals surface area (Å²) >= 11 is 5.00. The maximum atomic E-state index is 11.6. The van der Waals surface area contributed by atoms with Crippen molar-refractivity contribution in [3.8, 4) is 6.07 Å². The lowest BCUT2D eigenvalue weighted by molar-refractivity contribution is 0.0950. The van der Waals surface area contributed by atoms with Crippen LogP contribution in [0, 0.1) is 11.3 Å². The SMILES string of the molecule is N#Cc1ccc(NC(=S)NC(=O)c2ccco2)cc1. The average molecular weight is 271 g/mol. The molecular weight excluding hydrogens is 262 g/mol. The fraction of sp³-hybridized carbons (Fsp3) is 0. The summed E-state index contributed by atoms with van der Waals surface area (Å²) in [5.74, 6) is -0.236. The molecule has 0 unspecified atom stereocenters. The monoisotopic (exact) mass is 271 g/mol. The van der Waals surface area contributed by atoms with E-state index in [1.165, 1.54) is 6.26 Å². The van der Waals surface area contributed by atoms with Gasteiger partial charge in [0, 0.05) is 5.69 Å². The summed E-state index contributed by atoms with van der Waals surface area (Å²) in [5.41, 5.74) is 1.24. The van der Waals surface area contributed by atoms with Gasteiger partial charge in [0.2, 0.25) is 0 Å². The predicted molar refractivity (Wildman–Crippen MR) is 73.6 cm³/mol. The van der Waals surface area contributed by atoms with Gasteiger partial charge >= 0.3 is 0 Å². The van der Waals surface area contributed by atoms with E-state index in [4.69, 9.17) is 21.9 Å². The van der Waals surface area contributed by atoms with E-state index in [1.54, 1.807) is 36.4 Å². The minimum Gasteiger partial charge on any atom is -0.459 e. The van der Waals surface area contributed by atoms with Gasteiger partial charge in [-0.15, -0.1) is 0 Å². The van der Waals surface area contributed by atoms with Crippen LogP contribution >= 0.6 is 12.2 Å². The Kier molecular flexibility index (Phi) is 3.90. The molecule has 0 bridgehead atoms. The maximum Gasteiger partial charge on any atom is 0.293 e. The van der Waals surface area contributed by atoms with Crippen molar-refractivity contribution in [1.29, 1.82) is 5.26 Å². The highest BCUT2D eigenvalue weighted by molar-refractivity contribution is 7.80. The van der Waals surface area contributed by atoms with Gasteiger partial charge in [-0.1, -0.05) is 0 Å². The van der Waals surface area contributed by atoms with Gasteiger partial charge in [-0.3, -0.25) is 10.1 Å². The molecule has 0 saturated heterocycles. The van der Waals surface area contributed by atoms with Gasteiger partial charge in [0.15, 0.2) is 10.9 Å². The first-order valence-electron chi connectivity index (χ1n) is 5.35. The Balaban J connectivity index is 1.94. The Hall–Kier alpha value is -2.65. The number of benzene rings is 1. The molecule has 1 amide bonds. The van der Waals surface area contributed by atoms with Crippen LogP contribution in [0.1, 0.15) is 16.1 Å². The molecule has 0 spiro atoms. The molecule has 1 heterocycles. The molecule has 0 aliphatic heterocycles. The second kappa shape index (κ2) is 5.80. The van der Waals surface area contributed by atoms with Crippen molar-refractivity contribution in [2.24, 2.45) is 0 Å².